The highest BCUT2D eigenvalue weighted by Gasteiger charge is 2.30. The third-order valence-electron chi connectivity index (χ3n) is 5.50. The SMILES string of the molecule is CCN1CCN(C(=O)c2n[nH]c3c2CCN(C(=O)Cc2cccs2)C3)CC1.O=CO. The Morgan fingerprint density at radius 3 is 2.60 bits per heavy atom. The standard InChI is InChI=1S/C19H25N5O2S.CH2O2/c1-2-22-7-9-23(10-8-22)19(26)18-15-5-6-24(13-16(15)20-21-18)17(25)12-14-4-3-11-27-14;2-1-3/h3-4,11H,2,5-10,12-13H2,1H3,(H,20,21);1H,(H,2,3). The number of nitrogens with zero attached hydrogens (tertiary/aromatic N) is 4. The molecule has 2 N–H and O–H groups in total. The monoisotopic (exact) mass is 433 g/mol. The third kappa shape index (κ3) is 5.06. The number of amides is 2. The van der Waals surface area contributed by atoms with Gasteiger partial charge in [-0.1, -0.05) is 13.0 Å². The molecule has 2 amide bonds. The Kier molecular flexibility index (Phi) is 7.58. The first-order chi connectivity index (χ1) is 14.6. The number of nitrogens with one attached hydrogen (secondary N) is 1. The van der Waals surface area contributed by atoms with Crippen LogP contribution in [0.4, 0.5) is 0 Å². The molecule has 0 atom stereocenters. The van der Waals surface area contributed by atoms with E-state index in [1.165, 1.54) is 0 Å². The summed E-state index contributed by atoms with van der Waals surface area (Å²) in [6, 6.07) is 3.96. The fourth-order valence-corrected chi connectivity index (χ4v) is 4.49. The summed E-state index contributed by atoms with van der Waals surface area (Å²) >= 11 is 1.61. The summed E-state index contributed by atoms with van der Waals surface area (Å²) in [6.07, 6.45) is 1.12. The van der Waals surface area contributed by atoms with Crippen LogP contribution in [0.15, 0.2) is 17.5 Å². The molecule has 2 aromatic heterocycles. The summed E-state index contributed by atoms with van der Waals surface area (Å²) in [5, 5.41) is 16.2. The lowest BCUT2D eigenvalue weighted by molar-refractivity contribution is -0.131. The van der Waals surface area contributed by atoms with Crippen LogP contribution in [0, 0.1) is 0 Å². The maximum Gasteiger partial charge on any atom is 0.290 e. The number of carboxylic acid groups (broad SMARTS) is 1. The topological polar surface area (TPSA) is 110 Å². The molecule has 0 radical (unpaired) electrons. The van der Waals surface area contributed by atoms with Gasteiger partial charge in [0.15, 0.2) is 5.69 Å². The second-order valence-electron chi connectivity index (χ2n) is 7.18. The minimum atomic E-state index is -0.250. The van der Waals surface area contributed by atoms with E-state index in [2.05, 4.69) is 22.0 Å². The molecular formula is C20H27N5O4S. The van der Waals surface area contributed by atoms with Crippen molar-refractivity contribution in [3.8, 4) is 0 Å². The number of rotatable bonds is 4. The molecule has 10 heteroatoms. The van der Waals surface area contributed by atoms with Gasteiger partial charge in [-0.05, 0) is 24.4 Å². The van der Waals surface area contributed by atoms with Gasteiger partial charge in [0.25, 0.3) is 12.4 Å². The Morgan fingerprint density at radius 1 is 1.23 bits per heavy atom. The maximum absolute atomic E-state index is 12.9. The highest BCUT2D eigenvalue weighted by molar-refractivity contribution is 7.10. The molecule has 0 unspecified atom stereocenters. The van der Waals surface area contributed by atoms with Crippen molar-refractivity contribution in [1.82, 2.24) is 24.9 Å². The fraction of sp³-hybridized carbons (Fsp3) is 0.500. The molecule has 30 heavy (non-hydrogen) atoms. The van der Waals surface area contributed by atoms with E-state index in [0.717, 1.165) is 48.9 Å². The number of aromatic nitrogens is 2. The summed E-state index contributed by atoms with van der Waals surface area (Å²) in [5.41, 5.74) is 2.43. The van der Waals surface area contributed by atoms with Gasteiger partial charge >= 0.3 is 0 Å². The van der Waals surface area contributed by atoms with E-state index in [1.54, 1.807) is 11.3 Å². The number of carbonyl (C=O) groups is 3. The van der Waals surface area contributed by atoms with Crippen molar-refractivity contribution in [2.24, 2.45) is 0 Å². The van der Waals surface area contributed by atoms with Gasteiger partial charge in [0, 0.05) is 43.2 Å². The molecule has 2 aromatic rings. The van der Waals surface area contributed by atoms with E-state index in [0.29, 0.717) is 31.6 Å². The molecule has 4 heterocycles. The Labute approximate surface area is 179 Å². The first-order valence-corrected chi connectivity index (χ1v) is 10.9. The normalized spacial score (nSPS) is 16.4. The van der Waals surface area contributed by atoms with Gasteiger partial charge in [0.05, 0.1) is 18.7 Å². The van der Waals surface area contributed by atoms with Gasteiger partial charge < -0.3 is 19.8 Å². The highest BCUT2D eigenvalue weighted by Crippen LogP contribution is 2.23. The van der Waals surface area contributed by atoms with Crippen molar-refractivity contribution >= 4 is 29.6 Å². The van der Waals surface area contributed by atoms with Crippen molar-refractivity contribution in [2.45, 2.75) is 26.3 Å². The van der Waals surface area contributed by atoms with Gasteiger partial charge in [-0.15, -0.1) is 11.3 Å². The number of aromatic amines is 1. The van der Waals surface area contributed by atoms with Crippen molar-refractivity contribution in [3.05, 3.63) is 39.3 Å². The second-order valence-corrected chi connectivity index (χ2v) is 8.21. The molecular weight excluding hydrogens is 406 g/mol. The summed E-state index contributed by atoms with van der Waals surface area (Å²) in [7, 11) is 0. The van der Waals surface area contributed by atoms with Crippen molar-refractivity contribution in [2.75, 3.05) is 39.3 Å². The number of carbonyl (C=O) groups excluding carboxylic acids is 2. The van der Waals surface area contributed by atoms with Crippen molar-refractivity contribution in [1.29, 1.82) is 0 Å². The van der Waals surface area contributed by atoms with E-state index in [9.17, 15) is 9.59 Å². The van der Waals surface area contributed by atoms with E-state index in [4.69, 9.17) is 9.90 Å². The average molecular weight is 434 g/mol. The number of H-pyrrole nitrogens is 1. The lowest BCUT2D eigenvalue weighted by atomic mass is 10.0. The number of thiophene rings is 1. The van der Waals surface area contributed by atoms with Crippen LogP contribution in [0.3, 0.4) is 0 Å². The second kappa shape index (κ2) is 10.4. The van der Waals surface area contributed by atoms with Gasteiger partial charge in [-0.2, -0.15) is 5.10 Å². The zero-order valence-corrected chi connectivity index (χ0v) is 17.9. The summed E-state index contributed by atoms with van der Waals surface area (Å²) in [6.45, 7) is 7.39. The minimum absolute atomic E-state index is 0.0154. The molecule has 0 saturated carbocycles. The predicted molar refractivity (Wildman–Crippen MR) is 112 cm³/mol. The lowest BCUT2D eigenvalue weighted by Gasteiger charge is -2.34. The molecule has 2 aliphatic heterocycles. The molecule has 0 spiro atoms. The maximum atomic E-state index is 12.9. The van der Waals surface area contributed by atoms with E-state index in [-0.39, 0.29) is 18.3 Å². The van der Waals surface area contributed by atoms with E-state index >= 15 is 0 Å². The zero-order valence-electron chi connectivity index (χ0n) is 17.0. The van der Waals surface area contributed by atoms with E-state index < -0.39 is 0 Å². The van der Waals surface area contributed by atoms with Crippen molar-refractivity contribution in [3.63, 3.8) is 0 Å². The number of hydrogen-bond acceptors (Lipinski definition) is 6. The van der Waals surface area contributed by atoms with Gasteiger partial charge in [0.1, 0.15) is 0 Å². The Balaban J connectivity index is 0.000000806. The Hall–Kier alpha value is -2.72. The number of fused-ring (bicyclic) bond motifs is 1. The Morgan fingerprint density at radius 2 is 1.97 bits per heavy atom. The molecule has 1 fully saturated rings. The molecule has 2 aliphatic rings. The quantitative estimate of drug-likeness (QED) is 0.698. The summed E-state index contributed by atoms with van der Waals surface area (Å²) in [4.78, 5) is 41.0. The smallest absolute Gasteiger partial charge is 0.290 e. The zero-order chi connectivity index (χ0) is 21.5. The minimum Gasteiger partial charge on any atom is -0.483 e. The highest BCUT2D eigenvalue weighted by atomic mass is 32.1. The van der Waals surface area contributed by atoms with Gasteiger partial charge in [-0.3, -0.25) is 19.5 Å². The number of hydrogen-bond donors (Lipinski definition) is 2. The summed E-state index contributed by atoms with van der Waals surface area (Å²) in [5.74, 6) is 0.142. The first-order valence-electron chi connectivity index (χ1n) is 10.0. The predicted octanol–water partition coefficient (Wildman–Crippen LogP) is 1.08. The van der Waals surface area contributed by atoms with Crippen LogP contribution in [0.2, 0.25) is 0 Å². The molecule has 162 valence electrons. The molecule has 0 bridgehead atoms. The van der Waals surface area contributed by atoms with Crippen LogP contribution >= 0.6 is 11.3 Å². The largest absolute Gasteiger partial charge is 0.483 e. The molecule has 0 aromatic carbocycles. The Bertz CT molecular complexity index is 859. The van der Waals surface area contributed by atoms with Crippen LogP contribution in [0.5, 0.6) is 0 Å². The average Bonchev–Trinajstić information content (AvgIpc) is 3.43. The van der Waals surface area contributed by atoms with Crippen LogP contribution in [0.1, 0.15) is 33.5 Å². The lowest BCUT2D eigenvalue weighted by Crippen LogP contribution is -2.48. The number of piperazine rings is 1. The molecule has 0 aliphatic carbocycles. The first kappa shape index (κ1) is 22.0. The molecule has 4 rings (SSSR count). The number of likely N-dealkylation sites (N-methyl/N-ethyl adjacent to an activating group) is 1. The van der Waals surface area contributed by atoms with Crippen LogP contribution in [0.25, 0.3) is 0 Å². The van der Waals surface area contributed by atoms with Gasteiger partial charge in [-0.25, -0.2) is 0 Å². The third-order valence-corrected chi connectivity index (χ3v) is 6.38. The van der Waals surface area contributed by atoms with Crippen LogP contribution in [-0.2, 0) is 29.0 Å². The van der Waals surface area contributed by atoms with Crippen molar-refractivity contribution < 1.29 is 19.5 Å². The molecule has 9 nitrogen and oxygen atoms in total. The van der Waals surface area contributed by atoms with Crippen LogP contribution < -0.4 is 0 Å². The fourth-order valence-electron chi connectivity index (χ4n) is 3.80. The van der Waals surface area contributed by atoms with Crippen LogP contribution in [-0.4, -0.2) is 87.6 Å². The summed E-state index contributed by atoms with van der Waals surface area (Å²) < 4.78 is 0. The van der Waals surface area contributed by atoms with E-state index in [1.807, 2.05) is 27.3 Å². The van der Waals surface area contributed by atoms with Gasteiger partial charge in [0.2, 0.25) is 5.91 Å². The molecule has 1 saturated heterocycles.